The van der Waals surface area contributed by atoms with E-state index in [9.17, 15) is 23.2 Å². The zero-order valence-corrected chi connectivity index (χ0v) is 37.4. The van der Waals surface area contributed by atoms with E-state index >= 15 is 0 Å². The average molecular weight is 910 g/mol. The van der Waals surface area contributed by atoms with Crippen LogP contribution in [0.25, 0.3) is 20.7 Å². The first-order valence-corrected chi connectivity index (χ1v) is 21.1. The third-order valence-corrected chi connectivity index (χ3v) is 11.5. The monoisotopic (exact) mass is 909 g/mol. The van der Waals surface area contributed by atoms with Crippen molar-refractivity contribution in [1.82, 2.24) is 49.7 Å². The number of anilines is 2. The molecule has 2 aliphatic heterocycles. The molecule has 8 rings (SSSR count). The average Bonchev–Trinajstić information content (AvgIpc) is 3.73. The molecule has 2 saturated heterocycles. The minimum absolute atomic E-state index is 0. The van der Waals surface area contributed by atoms with Crippen LogP contribution in [0.1, 0.15) is 95.2 Å². The van der Waals surface area contributed by atoms with Gasteiger partial charge in [0.15, 0.2) is 22.7 Å². The van der Waals surface area contributed by atoms with Crippen LogP contribution < -0.4 is 16.4 Å². The molecule has 6 aromatic rings. The Bertz CT molecular complexity index is 2610. The lowest BCUT2D eigenvalue weighted by Crippen LogP contribution is -2.58. The third-order valence-electron chi connectivity index (χ3n) is 9.59. The number of hydrogen-bond acceptors (Lipinski definition) is 17. The number of rotatable bonds is 10. The van der Waals surface area contributed by atoms with Gasteiger partial charge < -0.3 is 30.9 Å². The largest absolute Gasteiger partial charge is 0.460 e. The summed E-state index contributed by atoms with van der Waals surface area (Å²) < 4.78 is 33.6. The van der Waals surface area contributed by atoms with Crippen LogP contribution in [0.2, 0.25) is 0 Å². The number of carbonyl (C=O) groups is 3. The topological polar surface area (TPSA) is 220 Å². The van der Waals surface area contributed by atoms with E-state index in [0.717, 1.165) is 22.4 Å². The molecule has 0 spiro atoms. The minimum Gasteiger partial charge on any atom is -0.460 e. The molecule has 62 heavy (non-hydrogen) atoms. The normalized spacial score (nSPS) is 15.1. The van der Waals surface area contributed by atoms with Crippen LogP contribution in [0.4, 0.5) is 20.7 Å². The number of pyridine rings is 2. The first kappa shape index (κ1) is 45.9. The Labute approximate surface area is 369 Å². The highest BCUT2D eigenvalue weighted by molar-refractivity contribution is 7.19. The summed E-state index contributed by atoms with van der Waals surface area (Å²) in [6, 6.07) is 2.14. The number of nitrogens with two attached hydrogens (primary N) is 1. The maximum atomic E-state index is 13.6. The number of nitrogens with one attached hydrogen (secondary N) is 2. The molecule has 17 nitrogen and oxygen atoms in total. The molecule has 0 saturated carbocycles. The summed E-state index contributed by atoms with van der Waals surface area (Å²) in [6.45, 7) is 14.8. The zero-order valence-electron chi connectivity index (χ0n) is 35.0. The van der Waals surface area contributed by atoms with E-state index < -0.39 is 17.2 Å². The Kier molecular flexibility index (Phi) is 13.9. The SMILES string of the molecule is Cc1nc2nc(N[C@@H](C)c3cncc(F)c3)nc(C(=O)N3CC(CC(=O)OC(C)(C)C)C3)c2s1.Cc1nc2nc(N[C@@H](C)c3cncc(F)c3)nc(C(=O)N3CC(N)C3)c2s1.Cl. The number of aryl methyl sites for hydroxylation is 2. The van der Waals surface area contributed by atoms with Gasteiger partial charge in [0.05, 0.1) is 40.9 Å². The van der Waals surface area contributed by atoms with E-state index in [-0.39, 0.29) is 78.2 Å². The summed E-state index contributed by atoms with van der Waals surface area (Å²) in [6.07, 6.45) is 5.68. The molecule has 0 unspecified atom stereocenters. The number of nitrogens with zero attached hydrogens (tertiary/aromatic N) is 10. The predicted molar refractivity (Wildman–Crippen MR) is 233 cm³/mol. The lowest BCUT2D eigenvalue weighted by molar-refractivity contribution is -0.157. The van der Waals surface area contributed by atoms with Crippen LogP contribution in [0.5, 0.6) is 0 Å². The molecule has 0 radical (unpaired) electrons. The predicted octanol–water partition coefficient (Wildman–Crippen LogP) is 6.21. The Morgan fingerprint density at radius 2 is 1.19 bits per heavy atom. The number of amides is 2. The van der Waals surface area contributed by atoms with Crippen LogP contribution in [-0.4, -0.2) is 105 Å². The molecule has 2 fully saturated rings. The van der Waals surface area contributed by atoms with Gasteiger partial charge in [-0.3, -0.25) is 24.4 Å². The van der Waals surface area contributed by atoms with E-state index in [1.165, 1.54) is 34.8 Å². The molecule has 2 aliphatic rings. The number of ether oxygens (including phenoxy) is 1. The number of aromatic nitrogens is 8. The van der Waals surface area contributed by atoms with Gasteiger partial charge in [-0.25, -0.2) is 28.7 Å². The highest BCUT2D eigenvalue weighted by Gasteiger charge is 2.36. The number of carbonyl (C=O) groups excluding carboxylic acids is 3. The molecular formula is C40H46ClF2N13O4S2. The standard InChI is InChI=1S/C23H27FN6O3S.C17H18FN7OS.ClH/c1-12(15-7-16(24)9-25-8-15)26-22-28-18(19-20(29-22)27-13(2)34-19)21(32)30-10-14(11-30)6-17(31)33-23(3,4)5;1-8(10-3-11(18)5-20-4-10)21-17-23-13(16(26)25-6-12(19)7-25)14-15(24-17)22-9(2)27-14;/h7-9,12,14H,6,10-11H2,1-5H3,(H,26,28,29);3-5,8,12H,6-7,19H2,1-2H3,(H,21,23,24);1H/t12-;8-;/m00./s1. The van der Waals surface area contributed by atoms with Gasteiger partial charge in [0, 0.05) is 50.5 Å². The number of esters is 1. The number of thiazole rings is 2. The molecular weight excluding hydrogens is 864 g/mol. The quantitative estimate of drug-likeness (QED) is 0.130. The maximum absolute atomic E-state index is 13.6. The number of fused-ring (bicyclic) bond motifs is 2. The number of hydrogen-bond donors (Lipinski definition) is 3. The van der Waals surface area contributed by atoms with Gasteiger partial charge in [0.2, 0.25) is 11.9 Å². The fourth-order valence-electron chi connectivity index (χ4n) is 6.62. The smallest absolute Gasteiger partial charge is 0.306 e. The van der Waals surface area contributed by atoms with Gasteiger partial charge in [-0.2, -0.15) is 9.97 Å². The van der Waals surface area contributed by atoms with E-state index in [0.29, 0.717) is 63.7 Å². The molecule has 2 atom stereocenters. The first-order valence-electron chi connectivity index (χ1n) is 19.5. The Morgan fingerprint density at radius 1 is 0.758 bits per heavy atom. The molecule has 0 aliphatic carbocycles. The van der Waals surface area contributed by atoms with Crippen LogP contribution in [0.15, 0.2) is 36.9 Å². The summed E-state index contributed by atoms with van der Waals surface area (Å²) in [4.78, 5) is 75.8. The van der Waals surface area contributed by atoms with Crippen molar-refractivity contribution < 1.29 is 27.9 Å². The second-order valence-electron chi connectivity index (χ2n) is 16.0. The van der Waals surface area contributed by atoms with Gasteiger partial charge >= 0.3 is 5.97 Å². The van der Waals surface area contributed by atoms with Crippen molar-refractivity contribution in [3.8, 4) is 0 Å². The van der Waals surface area contributed by atoms with Crippen LogP contribution in [-0.2, 0) is 9.53 Å². The summed E-state index contributed by atoms with van der Waals surface area (Å²) in [5, 5.41) is 7.79. The van der Waals surface area contributed by atoms with Gasteiger partial charge in [-0.1, -0.05) is 0 Å². The van der Waals surface area contributed by atoms with Crippen molar-refractivity contribution in [2.24, 2.45) is 11.7 Å². The number of halogens is 3. The van der Waals surface area contributed by atoms with Crippen molar-refractivity contribution >= 4 is 85.5 Å². The molecule has 0 aromatic carbocycles. The highest BCUT2D eigenvalue weighted by Crippen LogP contribution is 2.31. The summed E-state index contributed by atoms with van der Waals surface area (Å²) >= 11 is 2.74. The Hall–Kier alpha value is -5.64. The Morgan fingerprint density at radius 3 is 1.60 bits per heavy atom. The molecule has 6 aromatic heterocycles. The molecule has 328 valence electrons. The Balaban J connectivity index is 0.000000209. The molecule has 4 N–H and O–H groups in total. The lowest BCUT2D eigenvalue weighted by atomic mass is 9.96. The highest BCUT2D eigenvalue weighted by atomic mass is 35.5. The summed E-state index contributed by atoms with van der Waals surface area (Å²) in [5.74, 6) is -1.00. The molecule has 8 heterocycles. The first-order chi connectivity index (χ1) is 28.9. The molecule has 0 bridgehead atoms. The van der Waals surface area contributed by atoms with Crippen LogP contribution in [0, 0.1) is 31.4 Å². The van der Waals surface area contributed by atoms with Crippen molar-refractivity contribution in [1.29, 1.82) is 0 Å². The van der Waals surface area contributed by atoms with Crippen molar-refractivity contribution in [3.63, 3.8) is 0 Å². The summed E-state index contributed by atoms with van der Waals surface area (Å²) in [5.41, 5.74) is 7.99. The van der Waals surface area contributed by atoms with E-state index in [1.54, 1.807) is 22.2 Å². The molecule has 2 amide bonds. The fraction of sp³-hybridized carbons (Fsp3) is 0.425. The van der Waals surface area contributed by atoms with Crippen molar-refractivity contribution in [2.45, 2.75) is 78.6 Å². The number of likely N-dealkylation sites (tertiary alicyclic amines) is 2. The maximum Gasteiger partial charge on any atom is 0.306 e. The fourth-order valence-corrected chi connectivity index (χ4v) is 8.30. The van der Waals surface area contributed by atoms with Crippen molar-refractivity contribution in [3.05, 3.63) is 81.1 Å². The van der Waals surface area contributed by atoms with Gasteiger partial charge in [0.25, 0.3) is 11.8 Å². The van der Waals surface area contributed by atoms with Crippen LogP contribution >= 0.6 is 35.1 Å². The van der Waals surface area contributed by atoms with E-state index in [4.69, 9.17) is 10.5 Å². The zero-order chi connectivity index (χ0) is 43.7. The minimum atomic E-state index is -0.533. The van der Waals surface area contributed by atoms with Gasteiger partial charge in [-0.15, -0.1) is 35.1 Å². The second kappa shape index (κ2) is 18.8. The second-order valence-corrected chi connectivity index (χ2v) is 18.4. The molecule has 22 heteroatoms. The summed E-state index contributed by atoms with van der Waals surface area (Å²) in [7, 11) is 0. The third kappa shape index (κ3) is 10.9. The van der Waals surface area contributed by atoms with Crippen molar-refractivity contribution in [2.75, 3.05) is 36.8 Å². The van der Waals surface area contributed by atoms with Gasteiger partial charge in [-0.05, 0) is 71.7 Å². The van der Waals surface area contributed by atoms with E-state index in [2.05, 4.69) is 50.5 Å². The van der Waals surface area contributed by atoms with Gasteiger partial charge in [0.1, 0.15) is 26.6 Å². The van der Waals surface area contributed by atoms with Crippen LogP contribution in [0.3, 0.4) is 0 Å². The van der Waals surface area contributed by atoms with E-state index in [1.807, 2.05) is 48.5 Å². The lowest BCUT2D eigenvalue weighted by Gasteiger charge is -2.39.